The molecule has 0 bridgehead atoms. The second-order valence-electron chi connectivity index (χ2n) is 6.85. The summed E-state index contributed by atoms with van der Waals surface area (Å²) in [6, 6.07) is 10.3. The molecule has 3 N–H and O–H groups in total. The first-order chi connectivity index (χ1) is 15.5. The zero-order chi connectivity index (χ0) is 23.2. The van der Waals surface area contributed by atoms with Crippen LogP contribution in [0.1, 0.15) is 38.2 Å². The van der Waals surface area contributed by atoms with Crippen LogP contribution >= 0.6 is 15.9 Å². The van der Waals surface area contributed by atoms with E-state index in [1.165, 1.54) is 25.5 Å². The van der Waals surface area contributed by atoms with Gasteiger partial charge in [-0.2, -0.15) is 5.10 Å². The number of rotatable bonds is 14. The summed E-state index contributed by atoms with van der Waals surface area (Å²) >= 11 is 3.47. The van der Waals surface area contributed by atoms with Gasteiger partial charge >= 0.3 is 6.03 Å². The molecule has 0 aliphatic carbocycles. The molecule has 8 nitrogen and oxygen atoms in total. The van der Waals surface area contributed by atoms with E-state index in [2.05, 4.69) is 33.4 Å². The van der Waals surface area contributed by atoms with Gasteiger partial charge in [-0.25, -0.2) is 10.2 Å². The van der Waals surface area contributed by atoms with Crippen LogP contribution in [0.25, 0.3) is 0 Å². The van der Waals surface area contributed by atoms with Crippen LogP contribution in [0.4, 0.5) is 4.79 Å². The van der Waals surface area contributed by atoms with E-state index in [1.807, 2.05) is 24.3 Å². The van der Waals surface area contributed by atoms with E-state index in [4.69, 9.17) is 24.7 Å². The Morgan fingerprint density at radius 1 is 1.03 bits per heavy atom. The number of unbranched alkanes of at least 4 members (excludes halogenated alkanes) is 3. The third-order valence-electron chi connectivity index (χ3n) is 4.33. The number of amides is 2. The van der Waals surface area contributed by atoms with Gasteiger partial charge in [-0.05, 0) is 64.3 Å². The van der Waals surface area contributed by atoms with Crippen molar-refractivity contribution >= 4 is 28.2 Å². The first kappa shape index (κ1) is 25.3. The maximum Gasteiger partial charge on any atom is 0.332 e. The summed E-state index contributed by atoms with van der Waals surface area (Å²) in [5.74, 6) is 2.64. The second-order valence-corrected chi connectivity index (χ2v) is 7.70. The van der Waals surface area contributed by atoms with Gasteiger partial charge in [-0.15, -0.1) is 0 Å². The van der Waals surface area contributed by atoms with Gasteiger partial charge in [0.2, 0.25) is 0 Å². The molecule has 9 heteroatoms. The number of nitrogens with two attached hydrogens (primary N) is 1. The molecule has 2 rings (SSSR count). The number of urea groups is 1. The lowest BCUT2D eigenvalue weighted by Crippen LogP contribution is -2.24. The number of ether oxygens (including phenoxy) is 4. The lowest BCUT2D eigenvalue weighted by atomic mass is 10.2. The highest BCUT2D eigenvalue weighted by Crippen LogP contribution is 2.36. The first-order valence-corrected chi connectivity index (χ1v) is 11.3. The molecule has 0 radical (unpaired) electrons. The number of hydrogen-bond acceptors (Lipinski definition) is 6. The molecule has 32 heavy (non-hydrogen) atoms. The van der Waals surface area contributed by atoms with Gasteiger partial charge in [-0.3, -0.25) is 0 Å². The summed E-state index contributed by atoms with van der Waals surface area (Å²) in [5, 5.41) is 3.73. The Bertz CT molecular complexity index is 875. The van der Waals surface area contributed by atoms with Crippen molar-refractivity contribution in [1.82, 2.24) is 5.43 Å². The van der Waals surface area contributed by atoms with Crippen LogP contribution in [-0.2, 0) is 0 Å². The molecule has 0 aliphatic rings. The zero-order valence-electron chi connectivity index (χ0n) is 18.4. The van der Waals surface area contributed by atoms with Crippen molar-refractivity contribution in [2.75, 3.05) is 26.9 Å². The summed E-state index contributed by atoms with van der Waals surface area (Å²) in [6.07, 6.45) is 6.18. The fourth-order valence-electron chi connectivity index (χ4n) is 2.78. The van der Waals surface area contributed by atoms with Crippen molar-refractivity contribution in [3.63, 3.8) is 0 Å². The van der Waals surface area contributed by atoms with Crippen LogP contribution in [0.2, 0.25) is 0 Å². The lowest BCUT2D eigenvalue weighted by Gasteiger charge is -2.14. The van der Waals surface area contributed by atoms with Crippen LogP contribution < -0.4 is 30.1 Å². The van der Waals surface area contributed by atoms with E-state index in [1.54, 1.807) is 19.2 Å². The van der Waals surface area contributed by atoms with Crippen LogP contribution in [0.15, 0.2) is 46.0 Å². The highest BCUT2D eigenvalue weighted by atomic mass is 79.9. The van der Waals surface area contributed by atoms with Gasteiger partial charge in [0.05, 0.1) is 24.4 Å². The van der Waals surface area contributed by atoms with Crippen molar-refractivity contribution in [3.05, 3.63) is 46.4 Å². The molecular formula is C23H30BrN3O5. The van der Waals surface area contributed by atoms with Gasteiger partial charge in [-0.1, -0.05) is 26.2 Å². The van der Waals surface area contributed by atoms with E-state index in [0.717, 1.165) is 24.5 Å². The Labute approximate surface area is 197 Å². The van der Waals surface area contributed by atoms with E-state index in [9.17, 15) is 4.79 Å². The zero-order valence-corrected chi connectivity index (χ0v) is 20.0. The first-order valence-electron chi connectivity index (χ1n) is 10.5. The number of nitrogens with one attached hydrogen (secondary N) is 1. The average molecular weight is 508 g/mol. The molecule has 0 heterocycles. The Hall–Kier alpha value is -2.94. The highest BCUT2D eigenvalue weighted by molar-refractivity contribution is 9.10. The molecule has 174 valence electrons. The standard InChI is InChI=1S/C23H30BrN3O5/c1-3-4-5-6-11-30-18-7-9-19(10-8-18)31-12-13-32-22-20(24)14-17(15-21(22)29-2)16-26-27-23(25)28/h7-10,14-16H,3-6,11-13H2,1-2H3,(H3,25,27,28)/b26-16+. The van der Waals surface area contributed by atoms with Gasteiger partial charge in [0, 0.05) is 0 Å². The number of hydrazone groups is 1. The minimum atomic E-state index is -0.739. The Kier molecular flexibility index (Phi) is 11.2. The molecule has 0 saturated heterocycles. The Morgan fingerprint density at radius 3 is 2.31 bits per heavy atom. The van der Waals surface area contributed by atoms with Gasteiger partial charge in [0.1, 0.15) is 24.7 Å². The molecule has 0 atom stereocenters. The van der Waals surface area contributed by atoms with E-state index in [0.29, 0.717) is 34.7 Å². The molecule has 0 aromatic heterocycles. The number of halogens is 1. The summed E-state index contributed by atoms with van der Waals surface area (Å²) in [4.78, 5) is 10.7. The SMILES string of the molecule is CCCCCCOc1ccc(OCCOc2c(Br)cc(/C=N/NC(N)=O)cc2OC)cc1. The Morgan fingerprint density at radius 2 is 1.69 bits per heavy atom. The summed E-state index contributed by atoms with van der Waals surface area (Å²) in [5.41, 5.74) is 7.82. The quantitative estimate of drug-likeness (QED) is 0.215. The minimum Gasteiger partial charge on any atom is -0.494 e. The largest absolute Gasteiger partial charge is 0.494 e. The summed E-state index contributed by atoms with van der Waals surface area (Å²) < 4.78 is 23.4. The fraction of sp³-hybridized carbons (Fsp3) is 0.391. The third kappa shape index (κ3) is 9.05. The van der Waals surface area contributed by atoms with Crippen molar-refractivity contribution in [1.29, 1.82) is 0 Å². The number of carbonyl (C=O) groups is 1. The monoisotopic (exact) mass is 507 g/mol. The lowest BCUT2D eigenvalue weighted by molar-refractivity contribution is 0.210. The van der Waals surface area contributed by atoms with Gasteiger partial charge in [0.25, 0.3) is 0 Å². The van der Waals surface area contributed by atoms with E-state index >= 15 is 0 Å². The number of methoxy groups -OCH3 is 1. The van der Waals surface area contributed by atoms with Crippen LogP contribution in [0.3, 0.4) is 0 Å². The fourth-order valence-corrected chi connectivity index (χ4v) is 3.35. The highest BCUT2D eigenvalue weighted by Gasteiger charge is 2.11. The van der Waals surface area contributed by atoms with E-state index in [-0.39, 0.29) is 0 Å². The topological polar surface area (TPSA) is 104 Å². The molecular weight excluding hydrogens is 478 g/mol. The minimum absolute atomic E-state index is 0.321. The number of benzene rings is 2. The summed E-state index contributed by atoms with van der Waals surface area (Å²) in [7, 11) is 1.54. The molecule has 0 saturated carbocycles. The molecule has 2 aromatic rings. The number of primary amides is 1. The van der Waals surface area contributed by atoms with Gasteiger partial charge in [0.15, 0.2) is 11.5 Å². The third-order valence-corrected chi connectivity index (χ3v) is 4.92. The molecule has 2 aromatic carbocycles. The number of hydrogen-bond donors (Lipinski definition) is 2. The molecule has 2 amide bonds. The van der Waals surface area contributed by atoms with Crippen LogP contribution in [0.5, 0.6) is 23.0 Å². The molecule has 0 spiro atoms. The normalized spacial score (nSPS) is 10.7. The van der Waals surface area contributed by atoms with Crippen LogP contribution in [-0.4, -0.2) is 39.2 Å². The van der Waals surface area contributed by atoms with E-state index < -0.39 is 6.03 Å². The number of carbonyl (C=O) groups excluding carboxylic acids is 1. The smallest absolute Gasteiger partial charge is 0.332 e. The number of nitrogens with zero attached hydrogens (tertiary/aromatic N) is 1. The van der Waals surface area contributed by atoms with Crippen LogP contribution in [0, 0.1) is 0 Å². The maximum atomic E-state index is 10.7. The molecule has 0 aliphatic heterocycles. The predicted octanol–water partition coefficient (Wildman–Crippen LogP) is 4.88. The maximum absolute atomic E-state index is 10.7. The van der Waals surface area contributed by atoms with Crippen molar-refractivity contribution in [2.24, 2.45) is 10.8 Å². The van der Waals surface area contributed by atoms with Crippen molar-refractivity contribution in [2.45, 2.75) is 32.6 Å². The predicted molar refractivity (Wildman–Crippen MR) is 128 cm³/mol. The van der Waals surface area contributed by atoms with Crippen molar-refractivity contribution in [3.8, 4) is 23.0 Å². The molecule has 0 unspecified atom stereocenters. The summed E-state index contributed by atoms with van der Waals surface area (Å²) in [6.45, 7) is 3.61. The Balaban J connectivity index is 1.80. The van der Waals surface area contributed by atoms with Crippen molar-refractivity contribution < 1.29 is 23.7 Å². The molecule has 0 fully saturated rings. The van der Waals surface area contributed by atoms with Gasteiger partial charge < -0.3 is 24.7 Å². The second kappa shape index (κ2) is 14.2. The average Bonchev–Trinajstić information content (AvgIpc) is 2.78.